The van der Waals surface area contributed by atoms with Crippen LogP contribution in [-0.2, 0) is 0 Å². The van der Waals surface area contributed by atoms with Gasteiger partial charge in [0.25, 0.3) is 5.91 Å². The molecule has 0 saturated carbocycles. The molecule has 0 atom stereocenters. The summed E-state index contributed by atoms with van der Waals surface area (Å²) < 4.78 is 5.42. The fourth-order valence-electron chi connectivity index (χ4n) is 3.50. The summed E-state index contributed by atoms with van der Waals surface area (Å²) in [5, 5.41) is 0. The zero-order chi connectivity index (χ0) is 16.4. The Morgan fingerprint density at radius 2 is 1.91 bits per heavy atom. The van der Waals surface area contributed by atoms with Gasteiger partial charge in [-0.05, 0) is 57.0 Å². The van der Waals surface area contributed by atoms with E-state index >= 15 is 0 Å². The Morgan fingerprint density at radius 1 is 1.22 bits per heavy atom. The Hall–Kier alpha value is -1.81. The zero-order valence-corrected chi connectivity index (χ0v) is 14.2. The van der Waals surface area contributed by atoms with Crippen molar-refractivity contribution in [3.8, 4) is 5.75 Å². The molecule has 2 saturated heterocycles. The van der Waals surface area contributed by atoms with Crippen LogP contribution in [0.2, 0.25) is 0 Å². The Balaban J connectivity index is 1.67. The van der Waals surface area contributed by atoms with Gasteiger partial charge in [0, 0.05) is 30.3 Å². The van der Waals surface area contributed by atoms with Crippen LogP contribution in [0.4, 0.5) is 0 Å². The minimum atomic E-state index is 0.110. The van der Waals surface area contributed by atoms with Crippen molar-refractivity contribution in [1.29, 1.82) is 0 Å². The highest BCUT2D eigenvalue weighted by atomic mass is 16.5. The highest BCUT2D eigenvalue weighted by Gasteiger charge is 2.29. The van der Waals surface area contributed by atoms with Crippen molar-refractivity contribution in [1.82, 2.24) is 9.80 Å². The molecule has 0 aliphatic carbocycles. The fourth-order valence-corrected chi connectivity index (χ4v) is 3.50. The first kappa shape index (κ1) is 16.1. The molecule has 2 fully saturated rings. The van der Waals surface area contributed by atoms with E-state index in [1.807, 2.05) is 30.0 Å². The number of nitrogens with zero attached hydrogens (tertiary/aromatic N) is 2. The first-order chi connectivity index (χ1) is 11.1. The highest BCUT2D eigenvalue weighted by Crippen LogP contribution is 2.27. The molecular weight excluding hydrogens is 288 g/mol. The molecule has 124 valence electrons. The number of rotatable bonds is 4. The van der Waals surface area contributed by atoms with Crippen LogP contribution >= 0.6 is 0 Å². The van der Waals surface area contributed by atoms with Crippen LogP contribution < -0.4 is 4.74 Å². The maximum absolute atomic E-state index is 12.7. The molecular formula is C19H26N2O2. The van der Waals surface area contributed by atoms with Crippen molar-refractivity contribution in [3.63, 3.8) is 0 Å². The largest absolute Gasteiger partial charge is 0.496 e. The zero-order valence-electron chi connectivity index (χ0n) is 14.2. The van der Waals surface area contributed by atoms with E-state index in [1.165, 1.54) is 19.5 Å². The number of methoxy groups -OCH3 is 1. The van der Waals surface area contributed by atoms with Crippen LogP contribution in [0, 0.1) is 0 Å². The Bertz CT molecular complexity index is 599. The summed E-state index contributed by atoms with van der Waals surface area (Å²) in [6.45, 7) is 10.1. The molecule has 0 unspecified atom stereocenters. The molecule has 0 aromatic heterocycles. The number of hydrogen-bond donors (Lipinski definition) is 0. The lowest BCUT2D eigenvalue weighted by molar-refractivity contribution is 0.0488. The van der Waals surface area contributed by atoms with Crippen LogP contribution in [0.25, 0.3) is 5.57 Å². The van der Waals surface area contributed by atoms with Crippen LogP contribution in [0.1, 0.15) is 42.1 Å². The smallest absolute Gasteiger partial charge is 0.253 e. The summed E-state index contributed by atoms with van der Waals surface area (Å²) in [5.74, 6) is 0.831. The first-order valence-corrected chi connectivity index (χ1v) is 8.47. The van der Waals surface area contributed by atoms with E-state index in [0.717, 1.165) is 42.8 Å². The van der Waals surface area contributed by atoms with Gasteiger partial charge in [0.2, 0.25) is 0 Å². The molecule has 1 amide bonds. The van der Waals surface area contributed by atoms with Crippen molar-refractivity contribution < 1.29 is 9.53 Å². The third-order valence-electron chi connectivity index (χ3n) is 5.07. The number of likely N-dealkylation sites (tertiary alicyclic amines) is 2. The third kappa shape index (κ3) is 3.27. The van der Waals surface area contributed by atoms with E-state index in [9.17, 15) is 4.79 Å². The van der Waals surface area contributed by atoms with Crippen LogP contribution in [0.15, 0.2) is 24.8 Å². The van der Waals surface area contributed by atoms with E-state index in [-0.39, 0.29) is 5.91 Å². The second-order valence-electron chi connectivity index (χ2n) is 6.61. The monoisotopic (exact) mass is 314 g/mol. The molecule has 2 aliphatic heterocycles. The van der Waals surface area contributed by atoms with E-state index in [0.29, 0.717) is 11.6 Å². The normalized spacial score (nSPS) is 19.3. The molecule has 0 bridgehead atoms. The van der Waals surface area contributed by atoms with Gasteiger partial charge in [-0.25, -0.2) is 0 Å². The number of hydrogen-bond acceptors (Lipinski definition) is 3. The van der Waals surface area contributed by atoms with Gasteiger partial charge in [-0.1, -0.05) is 12.6 Å². The fraction of sp³-hybridized carbons (Fsp3) is 0.526. The van der Waals surface area contributed by atoms with Crippen molar-refractivity contribution in [2.45, 2.75) is 32.2 Å². The number of allylic oxidation sites excluding steroid dienone is 1. The van der Waals surface area contributed by atoms with Gasteiger partial charge in [-0.3, -0.25) is 4.79 Å². The number of benzene rings is 1. The van der Waals surface area contributed by atoms with Crippen LogP contribution in [0.3, 0.4) is 0 Å². The van der Waals surface area contributed by atoms with Gasteiger partial charge in [0.15, 0.2) is 0 Å². The summed E-state index contributed by atoms with van der Waals surface area (Å²) in [4.78, 5) is 17.3. The van der Waals surface area contributed by atoms with E-state index in [4.69, 9.17) is 4.74 Å². The lowest BCUT2D eigenvalue weighted by atomic mass is 9.98. The van der Waals surface area contributed by atoms with Gasteiger partial charge < -0.3 is 14.5 Å². The molecule has 1 aromatic carbocycles. The number of amides is 1. The summed E-state index contributed by atoms with van der Waals surface area (Å²) in [5.41, 5.74) is 2.60. The Labute approximate surface area is 138 Å². The van der Waals surface area contributed by atoms with Gasteiger partial charge in [-0.2, -0.15) is 0 Å². The number of ether oxygens (including phenoxy) is 1. The Kier molecular flexibility index (Phi) is 4.71. The standard InChI is InChI=1S/C19H26N2O2/c1-14(2)17-6-5-15(13-18(17)23-3)19(22)21-11-7-16(8-12-21)20-9-4-10-20/h5-6,13,16H,1,4,7-12H2,2-3H3. The third-order valence-corrected chi connectivity index (χ3v) is 5.07. The van der Waals surface area contributed by atoms with Crippen molar-refractivity contribution in [2.75, 3.05) is 33.3 Å². The second-order valence-corrected chi connectivity index (χ2v) is 6.61. The summed E-state index contributed by atoms with van der Waals surface area (Å²) in [6.07, 6.45) is 3.51. The maximum Gasteiger partial charge on any atom is 0.253 e. The number of piperidine rings is 1. The summed E-state index contributed by atoms with van der Waals surface area (Å²) in [6, 6.07) is 6.33. The average Bonchev–Trinajstić information content (AvgIpc) is 2.52. The van der Waals surface area contributed by atoms with Gasteiger partial charge in [0.05, 0.1) is 7.11 Å². The van der Waals surface area contributed by atoms with E-state index in [2.05, 4.69) is 11.5 Å². The predicted octanol–water partition coefficient (Wildman–Crippen LogP) is 3.04. The highest BCUT2D eigenvalue weighted by molar-refractivity contribution is 5.95. The topological polar surface area (TPSA) is 32.8 Å². The minimum absolute atomic E-state index is 0.110. The molecule has 4 heteroatoms. The summed E-state index contributed by atoms with van der Waals surface area (Å²) >= 11 is 0. The number of carbonyl (C=O) groups is 1. The SMILES string of the molecule is C=C(C)c1ccc(C(=O)N2CCC(N3CCC3)CC2)cc1OC. The second kappa shape index (κ2) is 6.75. The van der Waals surface area contributed by atoms with Gasteiger partial charge >= 0.3 is 0 Å². The number of carbonyl (C=O) groups excluding carboxylic acids is 1. The molecule has 0 spiro atoms. The molecule has 4 nitrogen and oxygen atoms in total. The van der Waals surface area contributed by atoms with Crippen molar-refractivity contribution >= 4 is 11.5 Å². The van der Waals surface area contributed by atoms with Crippen molar-refractivity contribution in [3.05, 3.63) is 35.9 Å². The predicted molar refractivity (Wildman–Crippen MR) is 92.8 cm³/mol. The molecule has 3 rings (SSSR count). The lowest BCUT2D eigenvalue weighted by Crippen LogP contribution is -2.51. The molecule has 0 N–H and O–H groups in total. The van der Waals surface area contributed by atoms with Crippen LogP contribution in [0.5, 0.6) is 5.75 Å². The van der Waals surface area contributed by atoms with Crippen LogP contribution in [-0.4, -0.2) is 55.0 Å². The molecule has 1 aromatic rings. The quantitative estimate of drug-likeness (QED) is 0.856. The minimum Gasteiger partial charge on any atom is -0.496 e. The van der Waals surface area contributed by atoms with Gasteiger partial charge in [-0.15, -0.1) is 0 Å². The molecule has 2 aliphatic rings. The lowest BCUT2D eigenvalue weighted by Gasteiger charge is -2.43. The van der Waals surface area contributed by atoms with Gasteiger partial charge in [0.1, 0.15) is 5.75 Å². The maximum atomic E-state index is 12.7. The molecule has 2 heterocycles. The van der Waals surface area contributed by atoms with E-state index < -0.39 is 0 Å². The Morgan fingerprint density at radius 3 is 2.43 bits per heavy atom. The van der Waals surface area contributed by atoms with Crippen molar-refractivity contribution in [2.24, 2.45) is 0 Å². The average molecular weight is 314 g/mol. The first-order valence-electron chi connectivity index (χ1n) is 8.47. The molecule has 0 radical (unpaired) electrons. The van der Waals surface area contributed by atoms with E-state index in [1.54, 1.807) is 7.11 Å². The summed E-state index contributed by atoms with van der Waals surface area (Å²) in [7, 11) is 1.63. The molecule has 23 heavy (non-hydrogen) atoms.